The van der Waals surface area contributed by atoms with Crippen LogP contribution in [0.15, 0.2) is 77.8 Å². The topological polar surface area (TPSA) is 62.2 Å². The highest BCUT2D eigenvalue weighted by Crippen LogP contribution is 2.35. The minimum Gasteiger partial charge on any atom is -0.383 e. The Labute approximate surface area is 143 Å². The third kappa shape index (κ3) is 2.47. The monoisotopic (exact) mass is 329 g/mol. The Morgan fingerprint density at radius 1 is 0.833 bits per heavy atom. The molecule has 4 heteroatoms. The molecule has 0 radical (unpaired) electrons. The van der Waals surface area contributed by atoms with Gasteiger partial charge >= 0.3 is 0 Å². The molecule has 0 aliphatic heterocycles. The first kappa shape index (κ1) is 14.6. The molecule has 3 nitrogen and oxygen atoms in total. The summed E-state index contributed by atoms with van der Waals surface area (Å²) in [6.45, 7) is 0. The highest BCUT2D eigenvalue weighted by Gasteiger charge is 2.11. The van der Waals surface area contributed by atoms with E-state index in [9.17, 15) is 0 Å². The maximum Gasteiger partial charge on any atom is 0.155 e. The number of benzene rings is 3. The van der Waals surface area contributed by atoms with Crippen LogP contribution in [0, 0.1) is 5.41 Å². The van der Waals surface area contributed by atoms with Crippen molar-refractivity contribution in [2.45, 2.75) is 0 Å². The quantitative estimate of drug-likeness (QED) is 0.403. The molecule has 0 spiro atoms. The Bertz CT molecular complexity index is 1080. The van der Waals surface area contributed by atoms with E-state index >= 15 is 0 Å². The zero-order valence-corrected chi connectivity index (χ0v) is 13.7. The van der Waals surface area contributed by atoms with Crippen LogP contribution in [0.1, 0.15) is 11.1 Å². The number of rotatable bonds is 2. The Hall–Kier alpha value is -2.98. The first-order valence-corrected chi connectivity index (χ1v) is 8.44. The van der Waals surface area contributed by atoms with Crippen molar-refractivity contribution in [1.82, 2.24) is 0 Å². The summed E-state index contributed by atoms with van der Waals surface area (Å²) >= 11 is 1.69. The summed E-state index contributed by atoms with van der Waals surface area (Å²) in [6.07, 6.45) is 0. The van der Waals surface area contributed by atoms with Gasteiger partial charge < -0.3 is 5.73 Å². The van der Waals surface area contributed by atoms with E-state index in [1.165, 1.54) is 10.1 Å². The number of hydrogen-bond donors (Lipinski definition) is 2. The molecule has 1 heterocycles. The number of nitrogens with two attached hydrogens (primary N) is 1. The van der Waals surface area contributed by atoms with Crippen LogP contribution in [-0.4, -0.2) is 11.7 Å². The molecule has 0 aliphatic rings. The average Bonchev–Trinajstić information content (AvgIpc) is 3.01. The van der Waals surface area contributed by atoms with Crippen molar-refractivity contribution in [2.24, 2.45) is 10.7 Å². The number of aliphatic imine (C=N–C) groups is 1. The fourth-order valence-corrected chi connectivity index (χ4v) is 4.00. The van der Waals surface area contributed by atoms with Crippen molar-refractivity contribution in [3.63, 3.8) is 0 Å². The van der Waals surface area contributed by atoms with Gasteiger partial charge in [0.25, 0.3) is 0 Å². The van der Waals surface area contributed by atoms with Crippen LogP contribution < -0.4 is 5.73 Å². The van der Waals surface area contributed by atoms with Gasteiger partial charge in [-0.15, -0.1) is 11.3 Å². The second-order valence-electron chi connectivity index (χ2n) is 5.49. The maximum absolute atomic E-state index is 8.40. The summed E-state index contributed by atoms with van der Waals surface area (Å²) in [5.41, 5.74) is 7.70. The van der Waals surface area contributed by atoms with Gasteiger partial charge in [0.2, 0.25) is 0 Å². The van der Waals surface area contributed by atoms with Gasteiger partial charge in [-0.3, -0.25) is 5.41 Å². The van der Waals surface area contributed by atoms with Gasteiger partial charge in [0, 0.05) is 31.3 Å². The van der Waals surface area contributed by atoms with Gasteiger partial charge in [0.05, 0.1) is 0 Å². The van der Waals surface area contributed by atoms with Crippen LogP contribution in [0.4, 0.5) is 0 Å². The van der Waals surface area contributed by atoms with Crippen molar-refractivity contribution >= 4 is 43.2 Å². The van der Waals surface area contributed by atoms with E-state index in [-0.39, 0.29) is 5.84 Å². The first-order chi connectivity index (χ1) is 11.7. The number of nitrogens with one attached hydrogen (secondary N) is 1. The molecule has 4 rings (SSSR count). The normalized spacial score (nSPS) is 11.9. The molecule has 0 aliphatic carbocycles. The molecule has 116 valence electrons. The second kappa shape index (κ2) is 5.91. The number of amidine groups is 2. The van der Waals surface area contributed by atoms with E-state index < -0.39 is 0 Å². The van der Waals surface area contributed by atoms with E-state index in [2.05, 4.69) is 23.2 Å². The molecule has 0 saturated carbocycles. The van der Waals surface area contributed by atoms with Gasteiger partial charge in [-0.25, -0.2) is 4.99 Å². The van der Waals surface area contributed by atoms with Crippen LogP contribution in [0.5, 0.6) is 0 Å². The van der Waals surface area contributed by atoms with E-state index in [0.717, 1.165) is 21.2 Å². The van der Waals surface area contributed by atoms with Crippen LogP contribution in [0.25, 0.3) is 20.2 Å². The number of thiophene rings is 1. The summed E-state index contributed by atoms with van der Waals surface area (Å²) in [7, 11) is 0. The molecule has 1 aromatic heterocycles. The van der Waals surface area contributed by atoms with Gasteiger partial charge in [-0.1, -0.05) is 60.7 Å². The maximum atomic E-state index is 8.40. The molecule has 0 atom stereocenters. The van der Waals surface area contributed by atoms with E-state index in [1.807, 2.05) is 54.6 Å². The Balaban J connectivity index is 1.83. The number of hydrogen-bond acceptors (Lipinski definition) is 2. The van der Waals surface area contributed by atoms with Crippen LogP contribution in [0.3, 0.4) is 0 Å². The zero-order chi connectivity index (χ0) is 16.5. The summed E-state index contributed by atoms with van der Waals surface area (Å²) in [6, 6.07) is 23.8. The zero-order valence-electron chi connectivity index (χ0n) is 12.9. The fourth-order valence-electron chi connectivity index (χ4n) is 2.79. The van der Waals surface area contributed by atoms with Gasteiger partial charge in [-0.05, 0) is 12.1 Å². The number of nitrogens with zero attached hydrogens (tertiary/aromatic N) is 1. The average molecular weight is 329 g/mol. The van der Waals surface area contributed by atoms with Crippen molar-refractivity contribution < 1.29 is 0 Å². The lowest BCUT2D eigenvalue weighted by atomic mass is 10.1. The van der Waals surface area contributed by atoms with E-state index in [1.54, 1.807) is 11.3 Å². The minimum atomic E-state index is 0.188. The van der Waals surface area contributed by atoms with Crippen LogP contribution in [0.2, 0.25) is 0 Å². The smallest absolute Gasteiger partial charge is 0.155 e. The third-order valence-electron chi connectivity index (χ3n) is 3.96. The van der Waals surface area contributed by atoms with Crippen molar-refractivity contribution in [2.75, 3.05) is 0 Å². The molecule has 4 aromatic rings. The fraction of sp³-hybridized carbons (Fsp3) is 0. The first-order valence-electron chi connectivity index (χ1n) is 7.63. The summed E-state index contributed by atoms with van der Waals surface area (Å²) < 4.78 is 2.29. The molecule has 3 aromatic carbocycles. The Kier molecular flexibility index (Phi) is 3.59. The van der Waals surface area contributed by atoms with Crippen LogP contribution in [-0.2, 0) is 0 Å². The highest BCUT2D eigenvalue weighted by atomic mass is 32.1. The predicted molar refractivity (Wildman–Crippen MR) is 103 cm³/mol. The van der Waals surface area contributed by atoms with Crippen molar-refractivity contribution in [1.29, 1.82) is 5.41 Å². The summed E-state index contributed by atoms with van der Waals surface area (Å²) in [5.74, 6) is 0.548. The minimum absolute atomic E-state index is 0.188. The molecule has 0 unspecified atom stereocenters. The Morgan fingerprint density at radius 3 is 2.38 bits per heavy atom. The molecule has 24 heavy (non-hydrogen) atoms. The second-order valence-corrected chi connectivity index (χ2v) is 6.54. The lowest BCUT2D eigenvalue weighted by molar-refractivity contribution is 1.41. The van der Waals surface area contributed by atoms with E-state index in [0.29, 0.717) is 5.84 Å². The predicted octanol–water partition coefficient (Wildman–Crippen LogP) is 4.79. The van der Waals surface area contributed by atoms with Gasteiger partial charge in [0.1, 0.15) is 5.84 Å². The molecule has 0 amide bonds. The third-order valence-corrected chi connectivity index (χ3v) is 5.18. The van der Waals surface area contributed by atoms with Gasteiger partial charge in [0.15, 0.2) is 5.84 Å². The lowest BCUT2D eigenvalue weighted by Crippen LogP contribution is -2.15. The largest absolute Gasteiger partial charge is 0.383 e. The number of fused-ring (bicyclic) bond motifs is 3. The molecule has 3 N–H and O–H groups in total. The van der Waals surface area contributed by atoms with Crippen molar-refractivity contribution in [3.05, 3.63) is 83.9 Å². The lowest BCUT2D eigenvalue weighted by Gasteiger charge is -2.04. The van der Waals surface area contributed by atoms with Crippen molar-refractivity contribution in [3.8, 4) is 0 Å². The molecular formula is C20H15N3S. The molecule has 0 bridgehead atoms. The molecule has 0 fully saturated rings. The summed E-state index contributed by atoms with van der Waals surface area (Å²) in [5, 5.41) is 10.8. The highest BCUT2D eigenvalue weighted by molar-refractivity contribution is 7.26. The van der Waals surface area contributed by atoms with Gasteiger partial charge in [-0.2, -0.15) is 0 Å². The molecular weight excluding hydrogens is 314 g/mol. The standard InChI is InChI=1S/C20H15N3S/c21-19(13-7-2-1-3-8-13)23-20(22)16-11-6-10-15-14-9-4-5-12-17(14)24-18(15)16/h1-12H,(H3,21,22,23). The summed E-state index contributed by atoms with van der Waals surface area (Å²) in [4.78, 5) is 4.32. The van der Waals surface area contributed by atoms with Crippen LogP contribution >= 0.6 is 11.3 Å². The Morgan fingerprint density at radius 2 is 1.54 bits per heavy atom. The van der Waals surface area contributed by atoms with E-state index in [4.69, 9.17) is 11.1 Å². The molecule has 0 saturated heterocycles. The SMILES string of the molecule is N=C(/N=C(\N)c1ccccc1)c1cccc2c1sc1ccccc12.